The van der Waals surface area contributed by atoms with Gasteiger partial charge in [0.25, 0.3) is 0 Å². The number of nitrogens with zero attached hydrogens (tertiary/aromatic N) is 1. The van der Waals surface area contributed by atoms with E-state index in [0.717, 1.165) is 11.1 Å². The molecule has 1 heterocycles. The molecular weight excluding hydrogens is 411 g/mol. The van der Waals surface area contributed by atoms with Crippen molar-refractivity contribution in [3.63, 3.8) is 0 Å². The standard InChI is InChI=1S/C21H26Cl2N4O2/c1-21(2,3)18(19(25)28)14(8-12-4-6-15(22)16(23)9-12)20(29)27-11-13-5-7-17(24)26-10-13/h4-7,9-10,14,18H,8,11H2,1-3H3,(H2,24,26)(H2,25,28)(H,27,29)/t14-,18?/m0/s1. The largest absolute Gasteiger partial charge is 0.384 e. The highest BCUT2D eigenvalue weighted by Gasteiger charge is 2.40. The van der Waals surface area contributed by atoms with E-state index in [0.29, 0.717) is 22.3 Å². The molecule has 0 aliphatic rings. The Hall–Kier alpha value is -2.31. The van der Waals surface area contributed by atoms with Gasteiger partial charge in [-0.1, -0.05) is 56.1 Å². The van der Waals surface area contributed by atoms with Crippen LogP contribution in [-0.2, 0) is 22.6 Å². The Kier molecular flexibility index (Phi) is 7.49. The first-order valence-corrected chi connectivity index (χ1v) is 9.96. The maximum atomic E-state index is 13.1. The Labute approximate surface area is 181 Å². The van der Waals surface area contributed by atoms with Crippen molar-refractivity contribution in [3.05, 3.63) is 57.7 Å². The van der Waals surface area contributed by atoms with E-state index in [4.69, 9.17) is 34.7 Å². The maximum Gasteiger partial charge on any atom is 0.224 e. The van der Waals surface area contributed by atoms with Crippen LogP contribution >= 0.6 is 23.2 Å². The number of aromatic nitrogens is 1. The summed E-state index contributed by atoms with van der Waals surface area (Å²) in [5, 5.41) is 3.70. The number of rotatable bonds is 7. The number of benzene rings is 1. The number of pyridine rings is 1. The Bertz CT molecular complexity index is 879. The number of amides is 2. The Balaban J connectivity index is 2.28. The molecule has 2 aromatic rings. The van der Waals surface area contributed by atoms with E-state index in [2.05, 4.69) is 10.3 Å². The fourth-order valence-corrected chi connectivity index (χ4v) is 3.69. The van der Waals surface area contributed by atoms with Crippen LogP contribution in [0.15, 0.2) is 36.5 Å². The molecule has 0 bridgehead atoms. The van der Waals surface area contributed by atoms with Gasteiger partial charge >= 0.3 is 0 Å². The van der Waals surface area contributed by atoms with Gasteiger partial charge in [-0.3, -0.25) is 9.59 Å². The molecule has 0 saturated carbocycles. The van der Waals surface area contributed by atoms with Gasteiger partial charge in [0, 0.05) is 12.7 Å². The van der Waals surface area contributed by atoms with E-state index in [-0.39, 0.29) is 12.5 Å². The molecule has 29 heavy (non-hydrogen) atoms. The number of hydrogen-bond donors (Lipinski definition) is 3. The van der Waals surface area contributed by atoms with Crippen molar-refractivity contribution in [2.45, 2.75) is 33.7 Å². The molecule has 8 heteroatoms. The molecule has 1 aromatic carbocycles. The smallest absolute Gasteiger partial charge is 0.224 e. The molecule has 5 N–H and O–H groups in total. The summed E-state index contributed by atoms with van der Waals surface area (Å²) in [5.41, 5.74) is 12.4. The van der Waals surface area contributed by atoms with Crippen LogP contribution in [-0.4, -0.2) is 16.8 Å². The number of carbonyl (C=O) groups excluding carboxylic acids is 2. The van der Waals surface area contributed by atoms with E-state index in [1.165, 1.54) is 0 Å². The van der Waals surface area contributed by atoms with Crippen molar-refractivity contribution < 1.29 is 9.59 Å². The number of nitrogens with one attached hydrogen (secondary N) is 1. The average Bonchev–Trinajstić information content (AvgIpc) is 2.62. The minimum Gasteiger partial charge on any atom is -0.384 e. The van der Waals surface area contributed by atoms with Gasteiger partial charge in [-0.2, -0.15) is 0 Å². The summed E-state index contributed by atoms with van der Waals surface area (Å²) in [6.45, 7) is 5.93. The third-order valence-electron chi connectivity index (χ3n) is 4.73. The average molecular weight is 437 g/mol. The number of primary amides is 1. The van der Waals surface area contributed by atoms with Crippen LogP contribution in [0.5, 0.6) is 0 Å². The number of anilines is 1. The van der Waals surface area contributed by atoms with Gasteiger partial charge in [0.15, 0.2) is 0 Å². The summed E-state index contributed by atoms with van der Waals surface area (Å²) in [5.74, 6) is -1.74. The summed E-state index contributed by atoms with van der Waals surface area (Å²) in [7, 11) is 0. The molecule has 1 unspecified atom stereocenters. The molecule has 0 aliphatic heterocycles. The molecule has 0 saturated heterocycles. The molecule has 156 valence electrons. The first-order chi connectivity index (χ1) is 13.5. The lowest BCUT2D eigenvalue weighted by Crippen LogP contribution is -2.46. The predicted octanol–water partition coefficient (Wildman–Crippen LogP) is 3.59. The van der Waals surface area contributed by atoms with Gasteiger partial charge in [-0.05, 0) is 41.2 Å². The van der Waals surface area contributed by atoms with Crippen LogP contribution in [0.25, 0.3) is 0 Å². The minimum atomic E-state index is -0.679. The molecule has 2 atom stereocenters. The molecule has 6 nitrogen and oxygen atoms in total. The van der Waals surface area contributed by atoms with Crippen LogP contribution in [0, 0.1) is 17.3 Å². The predicted molar refractivity (Wildman–Crippen MR) is 116 cm³/mol. The molecule has 0 fully saturated rings. The van der Waals surface area contributed by atoms with Crippen molar-refractivity contribution in [2.24, 2.45) is 23.0 Å². The van der Waals surface area contributed by atoms with E-state index in [9.17, 15) is 9.59 Å². The second kappa shape index (κ2) is 9.46. The van der Waals surface area contributed by atoms with Crippen molar-refractivity contribution in [1.82, 2.24) is 10.3 Å². The lowest BCUT2D eigenvalue weighted by Gasteiger charge is -2.34. The van der Waals surface area contributed by atoms with E-state index in [1.54, 1.807) is 36.5 Å². The Morgan fingerprint density at radius 2 is 1.76 bits per heavy atom. The fourth-order valence-electron chi connectivity index (χ4n) is 3.37. The van der Waals surface area contributed by atoms with Crippen molar-refractivity contribution in [1.29, 1.82) is 0 Å². The second-order valence-corrected chi connectivity index (χ2v) is 8.93. The second-order valence-electron chi connectivity index (χ2n) is 8.11. The van der Waals surface area contributed by atoms with Crippen LogP contribution in [0.2, 0.25) is 10.0 Å². The Morgan fingerprint density at radius 3 is 2.28 bits per heavy atom. The number of nitrogens with two attached hydrogens (primary N) is 2. The summed E-state index contributed by atoms with van der Waals surface area (Å²) in [4.78, 5) is 29.4. The SMILES string of the molecule is CC(C)(C)C(C(N)=O)[C@H](Cc1ccc(Cl)c(Cl)c1)C(=O)NCc1ccc(N)nc1. The quantitative estimate of drug-likeness (QED) is 0.615. The van der Waals surface area contributed by atoms with E-state index >= 15 is 0 Å². The normalized spacial score (nSPS) is 13.6. The highest BCUT2D eigenvalue weighted by Crippen LogP contribution is 2.35. The molecular formula is C21H26Cl2N4O2. The fraction of sp³-hybridized carbons (Fsp3) is 0.381. The van der Waals surface area contributed by atoms with Crippen LogP contribution in [0.1, 0.15) is 31.9 Å². The first-order valence-electron chi connectivity index (χ1n) is 9.20. The number of halogens is 2. The number of carbonyl (C=O) groups is 2. The third-order valence-corrected chi connectivity index (χ3v) is 5.47. The molecule has 2 rings (SSSR count). The number of hydrogen-bond acceptors (Lipinski definition) is 4. The highest BCUT2D eigenvalue weighted by molar-refractivity contribution is 6.42. The van der Waals surface area contributed by atoms with Crippen LogP contribution < -0.4 is 16.8 Å². The van der Waals surface area contributed by atoms with Gasteiger partial charge in [0.2, 0.25) is 11.8 Å². The zero-order chi connectivity index (χ0) is 21.8. The zero-order valence-corrected chi connectivity index (χ0v) is 18.2. The third kappa shape index (κ3) is 6.34. The molecule has 1 aromatic heterocycles. The molecule has 0 spiro atoms. The first kappa shape index (κ1) is 23.0. The summed E-state index contributed by atoms with van der Waals surface area (Å²) in [6, 6.07) is 8.61. The lowest BCUT2D eigenvalue weighted by atomic mass is 9.70. The molecule has 0 aliphatic carbocycles. The zero-order valence-electron chi connectivity index (χ0n) is 16.7. The molecule has 0 radical (unpaired) electrons. The van der Waals surface area contributed by atoms with Gasteiger partial charge in [-0.15, -0.1) is 0 Å². The highest BCUT2D eigenvalue weighted by atomic mass is 35.5. The van der Waals surface area contributed by atoms with Crippen molar-refractivity contribution >= 4 is 40.8 Å². The van der Waals surface area contributed by atoms with E-state index < -0.39 is 23.2 Å². The number of nitrogen functional groups attached to an aromatic ring is 1. The maximum absolute atomic E-state index is 13.1. The minimum absolute atomic E-state index is 0.264. The van der Waals surface area contributed by atoms with Gasteiger partial charge in [0.05, 0.1) is 21.9 Å². The lowest BCUT2D eigenvalue weighted by molar-refractivity contribution is -0.137. The summed E-state index contributed by atoms with van der Waals surface area (Å²) < 4.78 is 0. The monoisotopic (exact) mass is 436 g/mol. The van der Waals surface area contributed by atoms with Gasteiger partial charge < -0.3 is 16.8 Å². The van der Waals surface area contributed by atoms with Gasteiger partial charge in [-0.25, -0.2) is 4.98 Å². The van der Waals surface area contributed by atoms with E-state index in [1.807, 2.05) is 20.8 Å². The molecule has 2 amide bonds. The van der Waals surface area contributed by atoms with Crippen molar-refractivity contribution in [2.75, 3.05) is 5.73 Å². The van der Waals surface area contributed by atoms with Gasteiger partial charge in [0.1, 0.15) is 5.82 Å². The van der Waals surface area contributed by atoms with Crippen LogP contribution in [0.4, 0.5) is 5.82 Å². The summed E-state index contributed by atoms with van der Waals surface area (Å²) >= 11 is 12.1. The van der Waals surface area contributed by atoms with Crippen LogP contribution in [0.3, 0.4) is 0 Å². The van der Waals surface area contributed by atoms with Crippen molar-refractivity contribution in [3.8, 4) is 0 Å². The summed E-state index contributed by atoms with van der Waals surface area (Å²) in [6.07, 6.45) is 1.90. The topological polar surface area (TPSA) is 111 Å². The Morgan fingerprint density at radius 1 is 1.10 bits per heavy atom.